The number of hydrogen-bond donors (Lipinski definition) is 1. The molecule has 0 amide bonds. The number of nitrogens with zero attached hydrogens (tertiary/aromatic N) is 1. The Morgan fingerprint density at radius 3 is 2.94 bits per heavy atom. The normalized spacial score (nSPS) is 41.4. The highest BCUT2D eigenvalue weighted by molar-refractivity contribution is 4.89. The van der Waals surface area contributed by atoms with Crippen molar-refractivity contribution >= 4 is 0 Å². The van der Waals surface area contributed by atoms with Gasteiger partial charge in [0.05, 0.1) is 6.10 Å². The molecule has 2 rings (SSSR count). The smallest absolute Gasteiger partial charge is 0.0724 e. The van der Waals surface area contributed by atoms with Gasteiger partial charge in [-0.25, -0.2) is 0 Å². The van der Waals surface area contributed by atoms with Crippen molar-refractivity contribution < 1.29 is 4.74 Å². The van der Waals surface area contributed by atoms with Crippen LogP contribution < -0.4 is 5.32 Å². The van der Waals surface area contributed by atoms with Crippen LogP contribution in [-0.2, 0) is 4.74 Å². The summed E-state index contributed by atoms with van der Waals surface area (Å²) in [6, 6.07) is 0. The second-order valence-corrected chi connectivity index (χ2v) is 6.01. The van der Waals surface area contributed by atoms with E-state index in [2.05, 4.69) is 24.1 Å². The fourth-order valence-corrected chi connectivity index (χ4v) is 3.09. The molecule has 3 nitrogen and oxygen atoms in total. The molecular formula is C13H26N2O. The van der Waals surface area contributed by atoms with E-state index in [0.29, 0.717) is 11.5 Å². The quantitative estimate of drug-likeness (QED) is 0.786. The van der Waals surface area contributed by atoms with Gasteiger partial charge in [0.25, 0.3) is 0 Å². The zero-order chi connectivity index (χ0) is 11.6. The largest absolute Gasteiger partial charge is 0.380 e. The molecule has 2 fully saturated rings. The van der Waals surface area contributed by atoms with Crippen molar-refractivity contribution in [2.24, 2.45) is 11.3 Å². The molecule has 1 N–H and O–H groups in total. The molecule has 2 saturated heterocycles. The molecule has 0 saturated carbocycles. The lowest BCUT2D eigenvalue weighted by Crippen LogP contribution is -2.48. The zero-order valence-electron chi connectivity index (χ0n) is 11.0. The Kier molecular flexibility index (Phi) is 3.88. The molecule has 0 radical (unpaired) electrons. The third kappa shape index (κ3) is 2.76. The van der Waals surface area contributed by atoms with Gasteiger partial charge in [-0.2, -0.15) is 0 Å². The predicted molar refractivity (Wildman–Crippen MR) is 66.6 cm³/mol. The van der Waals surface area contributed by atoms with Gasteiger partial charge in [-0.15, -0.1) is 0 Å². The van der Waals surface area contributed by atoms with Gasteiger partial charge in [-0.1, -0.05) is 13.8 Å². The monoisotopic (exact) mass is 226 g/mol. The Bertz CT molecular complexity index is 226. The van der Waals surface area contributed by atoms with Crippen LogP contribution in [-0.4, -0.2) is 50.8 Å². The van der Waals surface area contributed by atoms with Crippen molar-refractivity contribution in [1.82, 2.24) is 10.2 Å². The summed E-state index contributed by atoms with van der Waals surface area (Å²) in [5.41, 5.74) is 0.485. The van der Waals surface area contributed by atoms with E-state index in [-0.39, 0.29) is 0 Å². The molecule has 2 heterocycles. The Morgan fingerprint density at radius 2 is 2.31 bits per heavy atom. The number of hydrogen-bond acceptors (Lipinski definition) is 3. The summed E-state index contributed by atoms with van der Waals surface area (Å²) in [5, 5.41) is 3.48. The summed E-state index contributed by atoms with van der Waals surface area (Å²) in [4.78, 5) is 2.60. The highest BCUT2D eigenvalue weighted by atomic mass is 16.5. The second-order valence-electron chi connectivity index (χ2n) is 6.01. The third-order valence-corrected chi connectivity index (χ3v) is 4.34. The number of likely N-dealkylation sites (tertiary alicyclic amines) is 1. The number of methoxy groups -OCH3 is 1. The molecular weight excluding hydrogens is 200 g/mol. The summed E-state index contributed by atoms with van der Waals surface area (Å²) >= 11 is 0. The Morgan fingerprint density at radius 1 is 1.50 bits per heavy atom. The highest BCUT2D eigenvalue weighted by Crippen LogP contribution is 2.28. The highest BCUT2D eigenvalue weighted by Gasteiger charge is 2.34. The van der Waals surface area contributed by atoms with Crippen LogP contribution >= 0.6 is 0 Å². The van der Waals surface area contributed by atoms with Gasteiger partial charge in [-0.05, 0) is 37.3 Å². The molecule has 0 spiro atoms. The SMILES string of the molecule is COC1CN(CC2(C)CCNC2)CCC1C. The van der Waals surface area contributed by atoms with Crippen molar-refractivity contribution in [3.63, 3.8) is 0 Å². The van der Waals surface area contributed by atoms with Crippen LogP contribution in [0.15, 0.2) is 0 Å². The van der Waals surface area contributed by atoms with Crippen LogP contribution in [0.5, 0.6) is 0 Å². The van der Waals surface area contributed by atoms with E-state index >= 15 is 0 Å². The number of nitrogens with one attached hydrogen (secondary N) is 1. The predicted octanol–water partition coefficient (Wildman–Crippen LogP) is 1.34. The van der Waals surface area contributed by atoms with E-state index in [0.717, 1.165) is 12.5 Å². The Hall–Kier alpha value is -0.120. The number of piperidine rings is 1. The summed E-state index contributed by atoms with van der Waals surface area (Å²) in [7, 11) is 1.85. The van der Waals surface area contributed by atoms with Crippen molar-refractivity contribution in [2.45, 2.75) is 32.8 Å². The first-order valence-electron chi connectivity index (χ1n) is 6.59. The Balaban J connectivity index is 1.86. The second kappa shape index (κ2) is 5.03. The van der Waals surface area contributed by atoms with Crippen molar-refractivity contribution in [3.05, 3.63) is 0 Å². The van der Waals surface area contributed by atoms with Gasteiger partial charge in [0.2, 0.25) is 0 Å². The molecule has 16 heavy (non-hydrogen) atoms. The minimum Gasteiger partial charge on any atom is -0.380 e. The van der Waals surface area contributed by atoms with Crippen LogP contribution in [0.2, 0.25) is 0 Å². The van der Waals surface area contributed by atoms with E-state index in [9.17, 15) is 0 Å². The average Bonchev–Trinajstić information content (AvgIpc) is 2.68. The molecule has 94 valence electrons. The van der Waals surface area contributed by atoms with Crippen LogP contribution in [0.1, 0.15) is 26.7 Å². The van der Waals surface area contributed by atoms with Crippen molar-refractivity contribution in [3.8, 4) is 0 Å². The lowest BCUT2D eigenvalue weighted by atomic mass is 9.87. The van der Waals surface area contributed by atoms with Gasteiger partial charge in [0.1, 0.15) is 0 Å². The summed E-state index contributed by atoms with van der Waals surface area (Å²) in [6.07, 6.45) is 3.03. The molecule has 0 aromatic heterocycles. The standard InChI is InChI=1S/C13H26N2O/c1-11-4-7-15(8-12(11)16-3)10-13(2)5-6-14-9-13/h11-12,14H,4-10H2,1-3H3. The van der Waals surface area contributed by atoms with E-state index < -0.39 is 0 Å². The average molecular weight is 226 g/mol. The first-order valence-corrected chi connectivity index (χ1v) is 6.59. The molecule has 0 bridgehead atoms. The molecule has 3 atom stereocenters. The molecule has 0 aliphatic carbocycles. The first kappa shape index (κ1) is 12.3. The topological polar surface area (TPSA) is 24.5 Å². The van der Waals surface area contributed by atoms with Gasteiger partial charge >= 0.3 is 0 Å². The van der Waals surface area contributed by atoms with E-state index in [1.165, 1.54) is 39.0 Å². The summed E-state index contributed by atoms with van der Waals surface area (Å²) in [6.45, 7) is 10.7. The maximum atomic E-state index is 5.57. The van der Waals surface area contributed by atoms with Crippen LogP contribution in [0.25, 0.3) is 0 Å². The van der Waals surface area contributed by atoms with E-state index in [1.807, 2.05) is 7.11 Å². The van der Waals surface area contributed by atoms with Crippen molar-refractivity contribution in [2.75, 3.05) is 39.8 Å². The first-order chi connectivity index (χ1) is 7.63. The molecule has 3 unspecified atom stereocenters. The van der Waals surface area contributed by atoms with Crippen molar-refractivity contribution in [1.29, 1.82) is 0 Å². The zero-order valence-corrected chi connectivity index (χ0v) is 11.0. The summed E-state index contributed by atoms with van der Waals surface area (Å²) < 4.78 is 5.57. The van der Waals surface area contributed by atoms with Crippen LogP contribution in [0.3, 0.4) is 0 Å². The maximum Gasteiger partial charge on any atom is 0.0724 e. The fourth-order valence-electron chi connectivity index (χ4n) is 3.09. The Labute approximate surface area is 99.5 Å². The van der Waals surface area contributed by atoms with Gasteiger partial charge < -0.3 is 15.0 Å². The lowest BCUT2D eigenvalue weighted by Gasteiger charge is -2.40. The molecule has 2 aliphatic heterocycles. The molecule has 2 aliphatic rings. The number of ether oxygens (including phenoxy) is 1. The van der Waals surface area contributed by atoms with E-state index in [1.54, 1.807) is 0 Å². The molecule has 3 heteroatoms. The number of rotatable bonds is 3. The minimum absolute atomic E-state index is 0.437. The summed E-state index contributed by atoms with van der Waals surface area (Å²) in [5.74, 6) is 0.718. The van der Waals surface area contributed by atoms with E-state index in [4.69, 9.17) is 4.74 Å². The van der Waals surface area contributed by atoms with Gasteiger partial charge in [0, 0.05) is 26.7 Å². The van der Waals surface area contributed by atoms with Gasteiger partial charge in [-0.3, -0.25) is 0 Å². The minimum atomic E-state index is 0.437. The maximum absolute atomic E-state index is 5.57. The molecule has 0 aromatic carbocycles. The fraction of sp³-hybridized carbons (Fsp3) is 1.00. The lowest BCUT2D eigenvalue weighted by molar-refractivity contribution is -0.0148. The molecule has 0 aromatic rings. The van der Waals surface area contributed by atoms with Gasteiger partial charge in [0.15, 0.2) is 0 Å². The van der Waals surface area contributed by atoms with Crippen LogP contribution in [0, 0.1) is 11.3 Å². The third-order valence-electron chi connectivity index (χ3n) is 4.34. The van der Waals surface area contributed by atoms with Crippen LogP contribution in [0.4, 0.5) is 0 Å².